The van der Waals surface area contributed by atoms with E-state index < -0.39 is 23.8 Å². The summed E-state index contributed by atoms with van der Waals surface area (Å²) in [6.45, 7) is 0. The maximum atomic E-state index is 12.1. The summed E-state index contributed by atoms with van der Waals surface area (Å²) < 4.78 is 29.1. The van der Waals surface area contributed by atoms with Crippen LogP contribution in [-0.4, -0.2) is 18.5 Å². The van der Waals surface area contributed by atoms with E-state index in [0.29, 0.717) is 0 Å². The lowest BCUT2D eigenvalue weighted by Crippen LogP contribution is -2.14. The third-order valence-corrected chi connectivity index (χ3v) is 2.26. The van der Waals surface area contributed by atoms with Gasteiger partial charge in [-0.2, -0.15) is 0 Å². The summed E-state index contributed by atoms with van der Waals surface area (Å²) >= 11 is 0. The Bertz CT molecular complexity index is 418. The summed E-state index contributed by atoms with van der Waals surface area (Å²) in [6, 6.07) is 3.02. The van der Waals surface area contributed by atoms with Crippen LogP contribution in [0.25, 0.3) is 0 Å². The highest BCUT2D eigenvalue weighted by Gasteiger charge is 2.19. The van der Waals surface area contributed by atoms with E-state index >= 15 is 0 Å². The molecule has 0 bridgehead atoms. The maximum absolute atomic E-state index is 12.1. The molecule has 0 aliphatic heterocycles. The maximum Gasteiger partial charge on any atom is 0.311 e. The molecule has 0 saturated heterocycles. The van der Waals surface area contributed by atoms with E-state index in [4.69, 9.17) is 10.5 Å². The van der Waals surface area contributed by atoms with Crippen molar-refractivity contribution in [2.75, 3.05) is 7.11 Å². The molecule has 102 valence electrons. The Labute approximate surface area is 108 Å². The van der Waals surface area contributed by atoms with Crippen molar-refractivity contribution in [3.8, 4) is 5.75 Å². The SMILES string of the molecule is COc1ccc([C@H](N)CC(F)F)cc1[N+](=O)[O-].Cl. The highest BCUT2D eigenvalue weighted by molar-refractivity contribution is 5.85. The summed E-state index contributed by atoms with van der Waals surface area (Å²) in [5, 5.41) is 10.7. The molecule has 0 aliphatic carbocycles. The predicted molar refractivity (Wildman–Crippen MR) is 64.4 cm³/mol. The third kappa shape index (κ3) is 4.08. The standard InChI is InChI=1S/C10H12F2N2O3.ClH/c1-17-9-3-2-6(4-8(9)14(15)16)7(13)5-10(11)12;/h2-4,7,10H,5,13H2,1H3;1H/t7-;/m1./s1. The van der Waals surface area contributed by atoms with Gasteiger partial charge in [-0.25, -0.2) is 8.78 Å². The molecule has 0 saturated carbocycles. The second kappa shape index (κ2) is 7.07. The quantitative estimate of drug-likeness (QED) is 0.665. The number of hydrogen-bond donors (Lipinski definition) is 1. The van der Waals surface area contributed by atoms with Crippen LogP contribution in [0.3, 0.4) is 0 Å². The molecule has 0 fully saturated rings. The number of ether oxygens (including phenoxy) is 1. The van der Waals surface area contributed by atoms with Crippen molar-refractivity contribution < 1.29 is 18.4 Å². The van der Waals surface area contributed by atoms with Crippen LogP contribution in [0.2, 0.25) is 0 Å². The van der Waals surface area contributed by atoms with Crippen molar-refractivity contribution >= 4 is 18.1 Å². The molecule has 1 rings (SSSR count). The number of nitrogens with two attached hydrogens (primary N) is 1. The van der Waals surface area contributed by atoms with Gasteiger partial charge in [-0.3, -0.25) is 10.1 Å². The molecule has 1 aromatic carbocycles. The van der Waals surface area contributed by atoms with Gasteiger partial charge >= 0.3 is 5.69 Å². The smallest absolute Gasteiger partial charge is 0.311 e. The number of methoxy groups -OCH3 is 1. The molecule has 0 heterocycles. The number of halogens is 3. The number of alkyl halides is 2. The van der Waals surface area contributed by atoms with Crippen LogP contribution in [0, 0.1) is 10.1 Å². The van der Waals surface area contributed by atoms with Crippen LogP contribution >= 0.6 is 12.4 Å². The van der Waals surface area contributed by atoms with E-state index in [1.807, 2.05) is 0 Å². The van der Waals surface area contributed by atoms with E-state index in [1.54, 1.807) is 0 Å². The first kappa shape index (κ1) is 16.5. The van der Waals surface area contributed by atoms with Crippen molar-refractivity contribution in [2.24, 2.45) is 5.73 Å². The molecule has 5 nitrogen and oxygen atoms in total. The van der Waals surface area contributed by atoms with Gasteiger partial charge in [-0.05, 0) is 11.6 Å². The Hall–Kier alpha value is -1.47. The fourth-order valence-corrected chi connectivity index (χ4v) is 1.41. The summed E-state index contributed by atoms with van der Waals surface area (Å²) in [5.74, 6) is 0.0722. The van der Waals surface area contributed by atoms with Gasteiger partial charge in [-0.1, -0.05) is 6.07 Å². The summed E-state index contributed by atoms with van der Waals surface area (Å²) in [5.41, 5.74) is 5.52. The van der Waals surface area contributed by atoms with Gasteiger partial charge in [-0.15, -0.1) is 12.4 Å². The Kier molecular flexibility index (Phi) is 6.50. The largest absolute Gasteiger partial charge is 0.490 e. The van der Waals surface area contributed by atoms with Crippen LogP contribution < -0.4 is 10.5 Å². The Balaban J connectivity index is 0.00000289. The first-order chi connectivity index (χ1) is 7.95. The first-order valence-corrected chi connectivity index (χ1v) is 4.81. The van der Waals surface area contributed by atoms with Crippen LogP contribution in [-0.2, 0) is 0 Å². The number of rotatable bonds is 5. The molecule has 0 radical (unpaired) electrons. The van der Waals surface area contributed by atoms with Crippen molar-refractivity contribution in [1.29, 1.82) is 0 Å². The topological polar surface area (TPSA) is 78.4 Å². The van der Waals surface area contributed by atoms with Crippen molar-refractivity contribution in [3.05, 3.63) is 33.9 Å². The van der Waals surface area contributed by atoms with E-state index in [-0.39, 0.29) is 29.4 Å². The number of nitro benzene ring substituents is 1. The van der Waals surface area contributed by atoms with E-state index in [1.165, 1.54) is 19.2 Å². The first-order valence-electron chi connectivity index (χ1n) is 4.81. The third-order valence-electron chi connectivity index (χ3n) is 2.26. The average Bonchev–Trinajstić information content (AvgIpc) is 2.27. The fourth-order valence-electron chi connectivity index (χ4n) is 1.41. The van der Waals surface area contributed by atoms with Gasteiger partial charge in [0.1, 0.15) is 0 Å². The minimum absolute atomic E-state index is 0. The molecule has 8 heteroatoms. The lowest BCUT2D eigenvalue weighted by molar-refractivity contribution is -0.385. The van der Waals surface area contributed by atoms with Gasteiger partial charge in [0.15, 0.2) is 5.75 Å². The van der Waals surface area contributed by atoms with Crippen molar-refractivity contribution in [2.45, 2.75) is 18.9 Å². The van der Waals surface area contributed by atoms with Gasteiger partial charge < -0.3 is 10.5 Å². The number of benzene rings is 1. The highest BCUT2D eigenvalue weighted by atomic mass is 35.5. The van der Waals surface area contributed by atoms with Crippen LogP contribution in [0.4, 0.5) is 14.5 Å². The minimum Gasteiger partial charge on any atom is -0.490 e. The fraction of sp³-hybridized carbons (Fsp3) is 0.400. The molecular formula is C10H13ClF2N2O3. The van der Waals surface area contributed by atoms with Crippen LogP contribution in [0.15, 0.2) is 18.2 Å². The molecule has 0 aromatic heterocycles. The molecule has 1 aromatic rings. The monoisotopic (exact) mass is 282 g/mol. The van der Waals surface area contributed by atoms with Gasteiger partial charge in [0.2, 0.25) is 6.43 Å². The Morgan fingerprint density at radius 1 is 1.50 bits per heavy atom. The van der Waals surface area contributed by atoms with E-state index in [2.05, 4.69) is 0 Å². The predicted octanol–water partition coefficient (Wildman–Crippen LogP) is 2.68. The van der Waals surface area contributed by atoms with Crippen LogP contribution in [0.1, 0.15) is 18.0 Å². The molecule has 0 spiro atoms. The second-order valence-electron chi connectivity index (χ2n) is 3.42. The Morgan fingerprint density at radius 3 is 2.56 bits per heavy atom. The molecule has 0 aliphatic rings. The van der Waals surface area contributed by atoms with Crippen LogP contribution in [0.5, 0.6) is 5.75 Å². The van der Waals surface area contributed by atoms with Gasteiger partial charge in [0.25, 0.3) is 0 Å². The van der Waals surface area contributed by atoms with Gasteiger partial charge in [0, 0.05) is 18.5 Å². The molecule has 2 N–H and O–H groups in total. The number of nitrogens with zero attached hydrogens (tertiary/aromatic N) is 1. The lowest BCUT2D eigenvalue weighted by atomic mass is 10.0. The zero-order valence-corrected chi connectivity index (χ0v) is 10.3. The molecular weight excluding hydrogens is 270 g/mol. The second-order valence-corrected chi connectivity index (χ2v) is 3.42. The van der Waals surface area contributed by atoms with E-state index in [9.17, 15) is 18.9 Å². The van der Waals surface area contributed by atoms with Gasteiger partial charge in [0.05, 0.1) is 12.0 Å². The molecule has 1 atom stereocenters. The van der Waals surface area contributed by atoms with Crippen molar-refractivity contribution in [1.82, 2.24) is 0 Å². The Morgan fingerprint density at radius 2 is 2.11 bits per heavy atom. The highest BCUT2D eigenvalue weighted by Crippen LogP contribution is 2.30. The average molecular weight is 283 g/mol. The zero-order chi connectivity index (χ0) is 13.0. The zero-order valence-electron chi connectivity index (χ0n) is 9.51. The summed E-state index contributed by atoms with van der Waals surface area (Å²) in [6.07, 6.45) is -3.09. The van der Waals surface area contributed by atoms with Crippen molar-refractivity contribution in [3.63, 3.8) is 0 Å². The van der Waals surface area contributed by atoms with E-state index in [0.717, 1.165) is 6.07 Å². The summed E-state index contributed by atoms with van der Waals surface area (Å²) in [7, 11) is 1.29. The molecule has 18 heavy (non-hydrogen) atoms. The molecule has 0 unspecified atom stereocenters. The number of hydrogen-bond acceptors (Lipinski definition) is 4. The molecule has 0 amide bonds. The summed E-state index contributed by atoms with van der Waals surface area (Å²) in [4.78, 5) is 10.1. The normalized spacial score (nSPS) is 11.8. The lowest BCUT2D eigenvalue weighted by Gasteiger charge is -2.12. The number of nitro groups is 1. The minimum atomic E-state index is -2.55.